The Kier molecular flexibility index (Phi) is 7.18. The normalized spacial score (nSPS) is 15.6. The highest BCUT2D eigenvalue weighted by Crippen LogP contribution is 2.41. The predicted molar refractivity (Wildman–Crippen MR) is 112 cm³/mol. The molecule has 0 unspecified atom stereocenters. The zero-order valence-electron chi connectivity index (χ0n) is 18.0. The van der Waals surface area contributed by atoms with Gasteiger partial charge in [0.2, 0.25) is 6.41 Å². The molecule has 0 radical (unpaired) electrons. The standard InChI is InChI=1S/C22H25F2NO2.CH3NO/c1-13-9-18-20(19(24)17(13)11-22(3,4)5)27-14(2)21(26)25(18)12-15-7-6-8-16(23)10-15;2-1-3/h6-10,14H,11-12H2,1-5H3;1H,(H2,2,3)/t14-;/m1./s1. The molecule has 2 N–H and O–H groups in total. The van der Waals surface area contributed by atoms with Crippen LogP contribution in [-0.2, 0) is 22.6 Å². The van der Waals surface area contributed by atoms with Gasteiger partial charge in [-0.2, -0.15) is 0 Å². The van der Waals surface area contributed by atoms with E-state index in [0.717, 1.165) is 5.56 Å². The summed E-state index contributed by atoms with van der Waals surface area (Å²) < 4.78 is 34.5. The number of rotatable bonds is 3. The van der Waals surface area contributed by atoms with E-state index in [2.05, 4.69) is 26.5 Å². The lowest BCUT2D eigenvalue weighted by atomic mass is 9.85. The molecule has 2 aromatic carbocycles. The van der Waals surface area contributed by atoms with Crippen molar-refractivity contribution in [1.29, 1.82) is 0 Å². The van der Waals surface area contributed by atoms with Crippen LogP contribution in [-0.4, -0.2) is 18.4 Å². The van der Waals surface area contributed by atoms with E-state index in [-0.39, 0.29) is 35.8 Å². The zero-order valence-corrected chi connectivity index (χ0v) is 18.0. The minimum Gasteiger partial charge on any atom is -0.476 e. The summed E-state index contributed by atoms with van der Waals surface area (Å²) in [4.78, 5) is 22.8. The van der Waals surface area contributed by atoms with Gasteiger partial charge in [-0.1, -0.05) is 32.9 Å². The number of nitrogens with zero attached hydrogens (tertiary/aromatic N) is 1. The van der Waals surface area contributed by atoms with Crippen molar-refractivity contribution in [3.05, 3.63) is 58.7 Å². The van der Waals surface area contributed by atoms with Gasteiger partial charge >= 0.3 is 0 Å². The monoisotopic (exact) mass is 418 g/mol. The number of nitrogens with two attached hydrogens (primary N) is 1. The van der Waals surface area contributed by atoms with Gasteiger partial charge in [0.15, 0.2) is 17.7 Å². The molecule has 0 aliphatic carbocycles. The molecule has 162 valence electrons. The summed E-state index contributed by atoms with van der Waals surface area (Å²) in [6.45, 7) is 9.76. The highest BCUT2D eigenvalue weighted by Gasteiger charge is 2.35. The van der Waals surface area contributed by atoms with E-state index in [1.165, 1.54) is 17.0 Å². The Balaban J connectivity index is 0.00000101. The van der Waals surface area contributed by atoms with Gasteiger partial charge in [0.25, 0.3) is 5.91 Å². The fourth-order valence-electron chi connectivity index (χ4n) is 3.39. The van der Waals surface area contributed by atoms with Crippen molar-refractivity contribution in [2.24, 2.45) is 11.1 Å². The number of fused-ring (bicyclic) bond motifs is 1. The van der Waals surface area contributed by atoms with Gasteiger partial charge in [-0.05, 0) is 60.6 Å². The minimum absolute atomic E-state index is 0.0861. The molecule has 0 aromatic heterocycles. The van der Waals surface area contributed by atoms with Gasteiger partial charge in [-0.15, -0.1) is 0 Å². The first-order valence-corrected chi connectivity index (χ1v) is 9.68. The molecule has 1 aliphatic heterocycles. The van der Waals surface area contributed by atoms with Gasteiger partial charge in [-0.3, -0.25) is 9.59 Å². The topological polar surface area (TPSA) is 72.6 Å². The fraction of sp³-hybridized carbons (Fsp3) is 0.391. The maximum Gasteiger partial charge on any atom is 0.268 e. The van der Waals surface area contributed by atoms with E-state index in [4.69, 9.17) is 9.53 Å². The van der Waals surface area contributed by atoms with Crippen molar-refractivity contribution < 1.29 is 23.1 Å². The molecule has 0 saturated carbocycles. The van der Waals surface area contributed by atoms with Crippen molar-refractivity contribution in [2.75, 3.05) is 4.90 Å². The van der Waals surface area contributed by atoms with Crippen molar-refractivity contribution in [3.63, 3.8) is 0 Å². The molecule has 1 heterocycles. The third kappa shape index (κ3) is 5.34. The molecular weight excluding hydrogens is 390 g/mol. The Morgan fingerprint density at radius 2 is 1.87 bits per heavy atom. The summed E-state index contributed by atoms with van der Waals surface area (Å²) in [5.41, 5.74) is 6.50. The molecule has 2 amide bonds. The van der Waals surface area contributed by atoms with Gasteiger partial charge < -0.3 is 15.4 Å². The lowest BCUT2D eigenvalue weighted by Crippen LogP contribution is -2.44. The zero-order chi connectivity index (χ0) is 22.6. The largest absolute Gasteiger partial charge is 0.476 e. The number of aryl methyl sites for hydroxylation is 1. The number of carbonyl (C=O) groups excluding carboxylic acids is 2. The first-order chi connectivity index (χ1) is 14.0. The van der Waals surface area contributed by atoms with Crippen molar-refractivity contribution >= 4 is 18.0 Å². The summed E-state index contributed by atoms with van der Waals surface area (Å²) >= 11 is 0. The molecule has 0 fully saturated rings. The predicted octanol–water partition coefficient (Wildman–Crippen LogP) is 4.28. The Labute approximate surface area is 175 Å². The van der Waals surface area contributed by atoms with E-state index in [1.54, 1.807) is 25.1 Å². The van der Waals surface area contributed by atoms with E-state index in [9.17, 15) is 9.18 Å². The number of primary amides is 1. The van der Waals surface area contributed by atoms with Gasteiger partial charge in [0.05, 0.1) is 12.2 Å². The molecule has 0 bridgehead atoms. The van der Waals surface area contributed by atoms with Crippen LogP contribution in [0.15, 0.2) is 30.3 Å². The number of ether oxygens (including phenoxy) is 1. The average Bonchev–Trinajstić information content (AvgIpc) is 2.64. The Hall–Kier alpha value is -2.96. The number of amides is 2. The van der Waals surface area contributed by atoms with Crippen LogP contribution in [0.5, 0.6) is 5.75 Å². The summed E-state index contributed by atoms with van der Waals surface area (Å²) in [5, 5.41) is 0. The number of anilines is 1. The van der Waals surface area contributed by atoms with Crippen LogP contribution < -0.4 is 15.4 Å². The quantitative estimate of drug-likeness (QED) is 0.757. The number of hydrogen-bond donors (Lipinski definition) is 1. The molecule has 3 rings (SSSR count). The van der Waals surface area contributed by atoms with Crippen LogP contribution in [0.25, 0.3) is 0 Å². The highest BCUT2D eigenvalue weighted by molar-refractivity contribution is 6.00. The van der Waals surface area contributed by atoms with Crippen LogP contribution in [0.1, 0.15) is 44.4 Å². The van der Waals surface area contributed by atoms with Gasteiger partial charge in [0, 0.05) is 0 Å². The Bertz CT molecular complexity index is 939. The molecule has 1 aliphatic rings. The Morgan fingerprint density at radius 3 is 2.43 bits per heavy atom. The minimum atomic E-state index is -0.800. The summed E-state index contributed by atoms with van der Waals surface area (Å²) in [5.74, 6) is -0.953. The third-order valence-electron chi connectivity index (χ3n) is 4.66. The maximum atomic E-state index is 15.3. The van der Waals surface area contributed by atoms with E-state index in [0.29, 0.717) is 23.2 Å². The second-order valence-electron chi connectivity index (χ2n) is 8.52. The number of benzene rings is 2. The van der Waals surface area contributed by atoms with Crippen LogP contribution in [0, 0.1) is 24.0 Å². The van der Waals surface area contributed by atoms with Crippen molar-refractivity contribution in [3.8, 4) is 5.75 Å². The van der Waals surface area contributed by atoms with E-state index >= 15 is 4.39 Å². The van der Waals surface area contributed by atoms with Crippen LogP contribution in [0.3, 0.4) is 0 Å². The Morgan fingerprint density at radius 1 is 1.23 bits per heavy atom. The smallest absolute Gasteiger partial charge is 0.268 e. The molecular formula is C23H28F2N2O3. The summed E-state index contributed by atoms with van der Waals surface area (Å²) in [7, 11) is 0. The van der Waals surface area contributed by atoms with Gasteiger partial charge in [-0.25, -0.2) is 8.78 Å². The summed E-state index contributed by atoms with van der Waals surface area (Å²) in [6.07, 6.45) is 0.0128. The van der Waals surface area contributed by atoms with Crippen LogP contribution >= 0.6 is 0 Å². The molecule has 1 atom stereocenters. The molecule has 2 aromatic rings. The first-order valence-electron chi connectivity index (χ1n) is 9.68. The number of hydrogen-bond acceptors (Lipinski definition) is 3. The molecule has 5 nitrogen and oxygen atoms in total. The van der Waals surface area contributed by atoms with Crippen LogP contribution in [0.2, 0.25) is 0 Å². The lowest BCUT2D eigenvalue weighted by Gasteiger charge is -2.34. The van der Waals surface area contributed by atoms with Crippen molar-refractivity contribution in [2.45, 2.75) is 53.7 Å². The van der Waals surface area contributed by atoms with E-state index < -0.39 is 11.9 Å². The molecule has 30 heavy (non-hydrogen) atoms. The number of carbonyl (C=O) groups is 2. The van der Waals surface area contributed by atoms with E-state index in [1.807, 2.05) is 6.92 Å². The highest BCUT2D eigenvalue weighted by atomic mass is 19.1. The van der Waals surface area contributed by atoms with Gasteiger partial charge in [0.1, 0.15) is 5.82 Å². The fourth-order valence-corrected chi connectivity index (χ4v) is 3.39. The average molecular weight is 418 g/mol. The molecule has 0 saturated heterocycles. The van der Waals surface area contributed by atoms with Crippen LogP contribution in [0.4, 0.5) is 14.5 Å². The maximum absolute atomic E-state index is 15.3. The SMILES string of the molecule is Cc1cc2c(c(F)c1CC(C)(C)C)O[C@H](C)C(=O)N2Cc1cccc(F)c1.NC=O. The first kappa shape index (κ1) is 23.3. The molecule has 7 heteroatoms. The number of halogens is 2. The second kappa shape index (κ2) is 9.24. The molecule has 0 spiro atoms. The lowest BCUT2D eigenvalue weighted by molar-refractivity contribution is -0.125. The van der Waals surface area contributed by atoms with Crippen molar-refractivity contribution in [1.82, 2.24) is 0 Å². The third-order valence-corrected chi connectivity index (χ3v) is 4.66. The second-order valence-corrected chi connectivity index (χ2v) is 8.52. The summed E-state index contributed by atoms with van der Waals surface area (Å²) in [6, 6.07) is 7.86.